The molecule has 0 fully saturated rings. The fourth-order valence-electron chi connectivity index (χ4n) is 4.73. The maximum absolute atomic E-state index is 4.47. The normalized spacial score (nSPS) is 14.4. The molecular weight excluding hydrogens is 354 g/mol. The Kier molecular flexibility index (Phi) is 6.66. The van der Waals surface area contributed by atoms with Crippen LogP contribution in [0.5, 0.6) is 0 Å². The van der Waals surface area contributed by atoms with Crippen LogP contribution in [-0.4, -0.2) is 27.5 Å². The molecular formula is C26H35N3. The molecule has 1 aliphatic heterocycles. The Morgan fingerprint density at radius 1 is 0.966 bits per heavy atom. The van der Waals surface area contributed by atoms with E-state index in [1.807, 2.05) is 6.20 Å². The third-order valence-electron chi connectivity index (χ3n) is 6.42. The number of aryl methyl sites for hydroxylation is 3. The van der Waals surface area contributed by atoms with Gasteiger partial charge in [0.15, 0.2) is 0 Å². The maximum atomic E-state index is 4.47. The number of fused-ring (bicyclic) bond motifs is 3. The molecule has 0 unspecified atom stereocenters. The molecule has 154 valence electrons. The topological polar surface area (TPSA) is 21.1 Å². The van der Waals surface area contributed by atoms with E-state index >= 15 is 0 Å². The van der Waals surface area contributed by atoms with Gasteiger partial charge in [0.05, 0.1) is 0 Å². The van der Waals surface area contributed by atoms with E-state index in [2.05, 4.69) is 64.7 Å². The Labute approximate surface area is 175 Å². The third-order valence-corrected chi connectivity index (χ3v) is 6.42. The number of hydrogen-bond donors (Lipinski definition) is 0. The van der Waals surface area contributed by atoms with Gasteiger partial charge >= 0.3 is 0 Å². The second-order valence-electron chi connectivity index (χ2n) is 8.59. The van der Waals surface area contributed by atoms with E-state index in [4.69, 9.17) is 0 Å². The largest absolute Gasteiger partial charge is 0.344 e. The van der Waals surface area contributed by atoms with Crippen LogP contribution in [0.2, 0.25) is 0 Å². The SMILES string of the molecule is CCCCCCCN1CCc2c(c3ccccc3n2CCc2ccc(C)nc2)C1. The van der Waals surface area contributed by atoms with Crippen molar-refractivity contribution in [3.63, 3.8) is 0 Å². The number of nitrogens with zero attached hydrogens (tertiary/aromatic N) is 3. The summed E-state index contributed by atoms with van der Waals surface area (Å²) < 4.78 is 2.59. The Bertz CT molecular complexity index is 923. The van der Waals surface area contributed by atoms with Crippen molar-refractivity contribution in [1.82, 2.24) is 14.5 Å². The van der Waals surface area contributed by atoms with E-state index < -0.39 is 0 Å². The van der Waals surface area contributed by atoms with Gasteiger partial charge in [-0.25, -0.2) is 0 Å². The minimum Gasteiger partial charge on any atom is -0.344 e. The van der Waals surface area contributed by atoms with Gasteiger partial charge in [-0.2, -0.15) is 0 Å². The van der Waals surface area contributed by atoms with Crippen molar-refractivity contribution >= 4 is 10.9 Å². The van der Waals surface area contributed by atoms with Crippen molar-refractivity contribution in [2.75, 3.05) is 13.1 Å². The summed E-state index contributed by atoms with van der Waals surface area (Å²) in [5.41, 5.74) is 6.96. The quantitative estimate of drug-likeness (QED) is 0.424. The summed E-state index contributed by atoms with van der Waals surface area (Å²) in [4.78, 5) is 7.15. The number of benzene rings is 1. The standard InChI is InChI=1S/C26H35N3/c1-3-4-5-6-9-16-28-17-15-26-24(20-28)23-10-7-8-11-25(23)29(26)18-14-22-13-12-21(2)27-19-22/h7-8,10-13,19H,3-6,9,14-18,20H2,1-2H3. The summed E-state index contributed by atoms with van der Waals surface area (Å²) in [6.45, 7) is 8.94. The van der Waals surface area contributed by atoms with E-state index in [9.17, 15) is 0 Å². The number of unbranched alkanes of at least 4 members (excludes halogenated alkanes) is 4. The van der Waals surface area contributed by atoms with Crippen LogP contribution < -0.4 is 0 Å². The smallest absolute Gasteiger partial charge is 0.0486 e. The molecule has 0 saturated carbocycles. The predicted octanol–water partition coefficient (Wildman–Crippen LogP) is 5.92. The van der Waals surface area contributed by atoms with E-state index in [-0.39, 0.29) is 0 Å². The molecule has 0 N–H and O–H groups in total. The lowest BCUT2D eigenvalue weighted by atomic mass is 10.0. The molecule has 3 heteroatoms. The van der Waals surface area contributed by atoms with Crippen LogP contribution in [0.3, 0.4) is 0 Å². The average Bonchev–Trinajstić information content (AvgIpc) is 3.06. The molecule has 0 radical (unpaired) electrons. The molecule has 0 amide bonds. The molecule has 0 atom stereocenters. The average molecular weight is 390 g/mol. The number of hydrogen-bond acceptors (Lipinski definition) is 2. The van der Waals surface area contributed by atoms with Crippen molar-refractivity contribution in [3.8, 4) is 0 Å². The highest BCUT2D eigenvalue weighted by atomic mass is 15.1. The van der Waals surface area contributed by atoms with Gasteiger partial charge in [-0.05, 0) is 49.6 Å². The van der Waals surface area contributed by atoms with E-state index in [1.165, 1.54) is 68.1 Å². The van der Waals surface area contributed by atoms with E-state index in [0.29, 0.717) is 0 Å². The number of aromatic nitrogens is 2. The minimum absolute atomic E-state index is 1.04. The van der Waals surface area contributed by atoms with Gasteiger partial charge in [0.2, 0.25) is 0 Å². The van der Waals surface area contributed by atoms with Crippen molar-refractivity contribution in [3.05, 3.63) is 65.1 Å². The van der Waals surface area contributed by atoms with Crippen LogP contribution in [0, 0.1) is 6.92 Å². The van der Waals surface area contributed by atoms with E-state index in [1.54, 1.807) is 11.3 Å². The molecule has 2 aromatic heterocycles. The van der Waals surface area contributed by atoms with Crippen LogP contribution in [-0.2, 0) is 25.9 Å². The first-order valence-corrected chi connectivity index (χ1v) is 11.5. The van der Waals surface area contributed by atoms with Gasteiger partial charge < -0.3 is 4.57 Å². The summed E-state index contributed by atoms with van der Waals surface area (Å²) in [6, 6.07) is 13.3. The highest BCUT2D eigenvalue weighted by molar-refractivity contribution is 5.85. The van der Waals surface area contributed by atoms with Crippen LogP contribution in [0.25, 0.3) is 10.9 Å². The Hall–Kier alpha value is -2.13. The first-order valence-electron chi connectivity index (χ1n) is 11.5. The summed E-state index contributed by atoms with van der Waals surface area (Å²) in [7, 11) is 0. The highest BCUT2D eigenvalue weighted by Crippen LogP contribution is 2.31. The van der Waals surface area contributed by atoms with Crippen LogP contribution >= 0.6 is 0 Å². The summed E-state index contributed by atoms with van der Waals surface area (Å²) in [6.07, 6.45) is 11.1. The first-order chi connectivity index (χ1) is 14.3. The molecule has 1 aliphatic rings. The van der Waals surface area contributed by atoms with Crippen molar-refractivity contribution in [1.29, 1.82) is 0 Å². The lowest BCUT2D eigenvalue weighted by Crippen LogP contribution is -2.32. The zero-order valence-electron chi connectivity index (χ0n) is 18.2. The fourth-order valence-corrected chi connectivity index (χ4v) is 4.73. The molecule has 0 bridgehead atoms. The third kappa shape index (κ3) is 4.72. The summed E-state index contributed by atoms with van der Waals surface area (Å²) >= 11 is 0. The molecule has 0 spiro atoms. The van der Waals surface area contributed by atoms with Crippen molar-refractivity contribution < 1.29 is 0 Å². The van der Waals surface area contributed by atoms with Crippen LogP contribution in [0.1, 0.15) is 61.5 Å². The van der Waals surface area contributed by atoms with Gasteiger partial charge in [0, 0.05) is 54.5 Å². The summed E-state index contributed by atoms with van der Waals surface area (Å²) in [5.74, 6) is 0. The fraction of sp³-hybridized carbons (Fsp3) is 0.500. The molecule has 3 heterocycles. The second-order valence-corrected chi connectivity index (χ2v) is 8.59. The number of rotatable bonds is 9. The monoisotopic (exact) mass is 389 g/mol. The predicted molar refractivity (Wildman–Crippen MR) is 122 cm³/mol. The Morgan fingerprint density at radius 3 is 2.66 bits per heavy atom. The lowest BCUT2D eigenvalue weighted by molar-refractivity contribution is 0.246. The summed E-state index contributed by atoms with van der Waals surface area (Å²) in [5, 5.41) is 1.46. The molecule has 3 aromatic rings. The zero-order valence-corrected chi connectivity index (χ0v) is 18.2. The minimum atomic E-state index is 1.04. The highest BCUT2D eigenvalue weighted by Gasteiger charge is 2.23. The molecule has 0 saturated heterocycles. The van der Waals surface area contributed by atoms with Gasteiger partial charge in [-0.15, -0.1) is 0 Å². The van der Waals surface area contributed by atoms with Gasteiger partial charge in [-0.1, -0.05) is 56.9 Å². The Morgan fingerprint density at radius 2 is 1.83 bits per heavy atom. The molecule has 4 rings (SSSR count). The van der Waals surface area contributed by atoms with Gasteiger partial charge in [0.1, 0.15) is 0 Å². The molecule has 0 aliphatic carbocycles. The van der Waals surface area contributed by atoms with Gasteiger partial charge in [0.25, 0.3) is 0 Å². The van der Waals surface area contributed by atoms with Crippen molar-refractivity contribution in [2.24, 2.45) is 0 Å². The first kappa shape index (κ1) is 20.2. The lowest BCUT2D eigenvalue weighted by Gasteiger charge is -2.28. The van der Waals surface area contributed by atoms with Crippen LogP contribution in [0.4, 0.5) is 0 Å². The van der Waals surface area contributed by atoms with E-state index in [0.717, 1.165) is 25.2 Å². The van der Waals surface area contributed by atoms with Crippen LogP contribution in [0.15, 0.2) is 42.6 Å². The zero-order chi connectivity index (χ0) is 20.1. The second kappa shape index (κ2) is 9.58. The Balaban J connectivity index is 1.48. The number of pyridine rings is 1. The molecule has 1 aromatic carbocycles. The molecule has 29 heavy (non-hydrogen) atoms. The molecule has 3 nitrogen and oxygen atoms in total. The van der Waals surface area contributed by atoms with Gasteiger partial charge in [-0.3, -0.25) is 9.88 Å². The number of para-hydroxylation sites is 1. The van der Waals surface area contributed by atoms with Crippen molar-refractivity contribution in [2.45, 2.75) is 71.9 Å². The maximum Gasteiger partial charge on any atom is 0.0486 e.